The molecule has 1 aliphatic rings. The van der Waals surface area contributed by atoms with Gasteiger partial charge in [-0.25, -0.2) is 4.98 Å². The Morgan fingerprint density at radius 3 is 2.85 bits per heavy atom. The van der Waals surface area contributed by atoms with Crippen molar-refractivity contribution in [3.05, 3.63) is 24.3 Å². The molecule has 1 amide bonds. The quantitative estimate of drug-likeness (QED) is 0.714. The van der Waals surface area contributed by atoms with Gasteiger partial charge in [0.15, 0.2) is 5.16 Å². The molecular weight excluding hydrogens is 344 g/mol. The third-order valence-electron chi connectivity index (χ3n) is 4.91. The fourth-order valence-electron chi connectivity index (χ4n) is 3.10. The van der Waals surface area contributed by atoms with E-state index in [4.69, 9.17) is 4.98 Å². The highest BCUT2D eigenvalue weighted by molar-refractivity contribution is 7.99. The molecule has 0 saturated heterocycles. The normalized spacial score (nSPS) is 16.4. The molecular formula is C20H26N4OS. The first kappa shape index (κ1) is 18.8. The minimum Gasteiger partial charge on any atom is -0.337 e. The lowest BCUT2D eigenvalue weighted by Crippen LogP contribution is -2.47. The van der Waals surface area contributed by atoms with E-state index in [2.05, 4.69) is 35.9 Å². The molecule has 0 spiro atoms. The van der Waals surface area contributed by atoms with Gasteiger partial charge in [-0.3, -0.25) is 4.79 Å². The number of carbonyl (C=O) groups excluding carboxylic acids is 1. The Bertz CT molecular complexity index is 834. The number of hydrogen-bond donors (Lipinski definition) is 1. The molecule has 1 unspecified atom stereocenters. The SMILES string of the molecule is CC(C)CCn1c(SCC(=O)NC(C)(C#N)C2CC2)nc2ccccc21. The number of nitrogens with one attached hydrogen (secondary N) is 1. The molecule has 2 aromatic rings. The van der Waals surface area contributed by atoms with Crippen molar-refractivity contribution in [2.24, 2.45) is 11.8 Å². The smallest absolute Gasteiger partial charge is 0.231 e. The zero-order valence-corrected chi connectivity index (χ0v) is 16.5. The molecule has 5 nitrogen and oxygen atoms in total. The van der Waals surface area contributed by atoms with Gasteiger partial charge in [0.25, 0.3) is 0 Å². The average molecular weight is 371 g/mol. The van der Waals surface area contributed by atoms with Crippen LogP contribution < -0.4 is 5.32 Å². The van der Waals surface area contributed by atoms with Gasteiger partial charge < -0.3 is 9.88 Å². The van der Waals surface area contributed by atoms with Crippen LogP contribution in [-0.4, -0.2) is 26.8 Å². The summed E-state index contributed by atoms with van der Waals surface area (Å²) < 4.78 is 2.21. The molecule has 3 rings (SSSR count). The minimum atomic E-state index is -0.741. The molecule has 0 bridgehead atoms. The van der Waals surface area contributed by atoms with Gasteiger partial charge in [0, 0.05) is 6.54 Å². The number of para-hydroxylation sites is 2. The van der Waals surface area contributed by atoms with Crippen LogP contribution in [0.3, 0.4) is 0 Å². The Hall–Kier alpha value is -2.00. The van der Waals surface area contributed by atoms with Gasteiger partial charge in [-0.15, -0.1) is 0 Å². The number of imidazole rings is 1. The molecule has 0 aliphatic heterocycles. The molecule has 1 atom stereocenters. The van der Waals surface area contributed by atoms with E-state index >= 15 is 0 Å². The maximum Gasteiger partial charge on any atom is 0.231 e. The van der Waals surface area contributed by atoms with E-state index < -0.39 is 5.54 Å². The zero-order valence-electron chi connectivity index (χ0n) is 15.7. The number of nitriles is 1. The lowest BCUT2D eigenvalue weighted by atomic mass is 9.98. The molecule has 138 valence electrons. The summed E-state index contributed by atoms with van der Waals surface area (Å²) in [7, 11) is 0. The lowest BCUT2D eigenvalue weighted by molar-refractivity contribution is -0.119. The summed E-state index contributed by atoms with van der Waals surface area (Å²) in [6, 6.07) is 10.4. The third kappa shape index (κ3) is 4.21. The predicted octanol–water partition coefficient (Wildman–Crippen LogP) is 3.98. The molecule has 1 aliphatic carbocycles. The highest BCUT2D eigenvalue weighted by atomic mass is 32.2. The number of fused-ring (bicyclic) bond motifs is 1. The van der Waals surface area contributed by atoms with E-state index in [9.17, 15) is 10.1 Å². The lowest BCUT2D eigenvalue weighted by Gasteiger charge is -2.22. The number of aryl methyl sites for hydroxylation is 1. The van der Waals surface area contributed by atoms with Crippen LogP contribution in [0.25, 0.3) is 11.0 Å². The van der Waals surface area contributed by atoms with Crippen LogP contribution in [0.2, 0.25) is 0 Å². The van der Waals surface area contributed by atoms with E-state index in [0.717, 1.165) is 42.0 Å². The van der Waals surface area contributed by atoms with Crippen LogP contribution in [-0.2, 0) is 11.3 Å². The van der Waals surface area contributed by atoms with Gasteiger partial charge >= 0.3 is 0 Å². The van der Waals surface area contributed by atoms with E-state index in [1.165, 1.54) is 11.8 Å². The number of nitrogens with zero attached hydrogens (tertiary/aromatic N) is 3. The second kappa shape index (κ2) is 7.71. The first-order valence-electron chi connectivity index (χ1n) is 9.23. The largest absolute Gasteiger partial charge is 0.337 e. The van der Waals surface area contributed by atoms with E-state index in [1.54, 1.807) is 0 Å². The highest BCUT2D eigenvalue weighted by Gasteiger charge is 2.42. The van der Waals surface area contributed by atoms with E-state index in [0.29, 0.717) is 5.92 Å². The summed E-state index contributed by atoms with van der Waals surface area (Å²) in [6.07, 6.45) is 3.10. The summed E-state index contributed by atoms with van der Waals surface area (Å²) in [5, 5.41) is 13.2. The summed E-state index contributed by atoms with van der Waals surface area (Å²) in [4.78, 5) is 17.1. The molecule has 1 saturated carbocycles. The Morgan fingerprint density at radius 1 is 1.46 bits per heavy atom. The second-order valence-electron chi connectivity index (χ2n) is 7.64. The van der Waals surface area contributed by atoms with Crippen LogP contribution in [0.5, 0.6) is 0 Å². The average Bonchev–Trinajstić information content (AvgIpc) is 3.41. The van der Waals surface area contributed by atoms with Crippen LogP contribution in [0.1, 0.15) is 40.0 Å². The first-order chi connectivity index (χ1) is 12.4. The molecule has 0 radical (unpaired) electrons. The van der Waals surface area contributed by atoms with Crippen LogP contribution >= 0.6 is 11.8 Å². The van der Waals surface area contributed by atoms with Gasteiger partial charge in [0.1, 0.15) is 5.54 Å². The highest BCUT2D eigenvalue weighted by Crippen LogP contribution is 2.39. The van der Waals surface area contributed by atoms with Crippen molar-refractivity contribution in [3.63, 3.8) is 0 Å². The molecule has 1 fully saturated rings. The van der Waals surface area contributed by atoms with Gasteiger partial charge in [0.05, 0.1) is 22.9 Å². The molecule has 1 aromatic heterocycles. The van der Waals surface area contributed by atoms with Crippen molar-refractivity contribution in [3.8, 4) is 6.07 Å². The Balaban J connectivity index is 1.70. The molecule has 1 aromatic carbocycles. The van der Waals surface area contributed by atoms with Gasteiger partial charge in [-0.05, 0) is 50.2 Å². The maximum atomic E-state index is 12.4. The van der Waals surface area contributed by atoms with Gasteiger partial charge in [-0.2, -0.15) is 5.26 Å². The standard InChI is InChI=1S/C20H26N4OS/c1-14(2)10-11-24-17-7-5-4-6-16(17)22-19(24)26-12-18(25)23-20(3,13-21)15-8-9-15/h4-7,14-15H,8-12H2,1-3H3,(H,23,25). The topological polar surface area (TPSA) is 70.7 Å². The van der Waals surface area contributed by atoms with Crippen molar-refractivity contribution in [1.82, 2.24) is 14.9 Å². The van der Waals surface area contributed by atoms with Crippen molar-refractivity contribution in [2.75, 3.05) is 5.75 Å². The van der Waals surface area contributed by atoms with Crippen molar-refractivity contribution < 1.29 is 4.79 Å². The summed E-state index contributed by atoms with van der Waals surface area (Å²) >= 11 is 1.45. The number of hydrogen-bond acceptors (Lipinski definition) is 4. The fraction of sp³-hybridized carbons (Fsp3) is 0.550. The summed E-state index contributed by atoms with van der Waals surface area (Å²) in [5.41, 5.74) is 1.32. The molecule has 1 N–H and O–H groups in total. The van der Waals surface area contributed by atoms with Crippen LogP contribution in [0.15, 0.2) is 29.4 Å². The number of thioether (sulfide) groups is 1. The first-order valence-corrected chi connectivity index (χ1v) is 10.2. The maximum absolute atomic E-state index is 12.4. The molecule has 6 heteroatoms. The van der Waals surface area contributed by atoms with Gasteiger partial charge in [-0.1, -0.05) is 37.7 Å². The molecule has 1 heterocycles. The third-order valence-corrected chi connectivity index (χ3v) is 5.88. The number of carbonyl (C=O) groups is 1. The van der Waals surface area contributed by atoms with Crippen molar-refractivity contribution in [2.45, 2.75) is 57.3 Å². The van der Waals surface area contributed by atoms with E-state index in [-0.39, 0.29) is 17.6 Å². The Morgan fingerprint density at radius 2 is 2.19 bits per heavy atom. The number of rotatable bonds is 8. The predicted molar refractivity (Wildman–Crippen MR) is 105 cm³/mol. The van der Waals surface area contributed by atoms with Gasteiger partial charge in [0.2, 0.25) is 5.91 Å². The van der Waals surface area contributed by atoms with Crippen LogP contribution in [0.4, 0.5) is 0 Å². The van der Waals surface area contributed by atoms with Crippen molar-refractivity contribution >= 4 is 28.7 Å². The number of aromatic nitrogens is 2. The van der Waals surface area contributed by atoms with Crippen LogP contribution in [0, 0.1) is 23.2 Å². The van der Waals surface area contributed by atoms with Crippen molar-refractivity contribution in [1.29, 1.82) is 5.26 Å². The summed E-state index contributed by atoms with van der Waals surface area (Å²) in [6.45, 7) is 7.13. The fourth-order valence-corrected chi connectivity index (χ4v) is 3.95. The molecule has 26 heavy (non-hydrogen) atoms. The monoisotopic (exact) mass is 370 g/mol. The second-order valence-corrected chi connectivity index (χ2v) is 8.59. The number of amides is 1. The van der Waals surface area contributed by atoms with E-state index in [1.807, 2.05) is 25.1 Å². The zero-order chi connectivity index (χ0) is 18.7. The minimum absolute atomic E-state index is 0.103. The number of benzene rings is 1. The Kier molecular flexibility index (Phi) is 5.57. The summed E-state index contributed by atoms with van der Waals surface area (Å²) in [5.74, 6) is 1.06. The Labute approximate surface area is 159 Å².